The van der Waals surface area contributed by atoms with E-state index < -0.39 is 40.3 Å². The monoisotopic (exact) mass is 524 g/mol. The van der Waals surface area contributed by atoms with E-state index in [0.717, 1.165) is 20.7 Å². The van der Waals surface area contributed by atoms with E-state index in [-0.39, 0.29) is 30.6 Å². The van der Waals surface area contributed by atoms with E-state index in [1.165, 1.54) is 55.4 Å². The zero-order valence-corrected chi connectivity index (χ0v) is 22.1. The van der Waals surface area contributed by atoms with E-state index in [9.17, 15) is 26.8 Å². The van der Waals surface area contributed by atoms with Crippen molar-refractivity contribution in [1.82, 2.24) is 14.5 Å². The smallest absolute Gasteiger partial charge is 0.304 e. The Hall–Kier alpha value is -3.05. The van der Waals surface area contributed by atoms with Gasteiger partial charge in [-0.2, -0.15) is 12.7 Å². The number of rotatable bonds is 12. The summed E-state index contributed by atoms with van der Waals surface area (Å²) in [4.78, 5) is 28.1. The van der Waals surface area contributed by atoms with Crippen LogP contribution in [0.2, 0.25) is 0 Å². The van der Waals surface area contributed by atoms with E-state index in [1.807, 2.05) is 13.8 Å². The van der Waals surface area contributed by atoms with Crippen molar-refractivity contribution in [1.29, 1.82) is 0 Å². The fourth-order valence-electron chi connectivity index (χ4n) is 3.47. The number of carbonyl (C=O) groups is 2. The van der Waals surface area contributed by atoms with Crippen LogP contribution in [0.15, 0.2) is 48.5 Å². The summed E-state index contributed by atoms with van der Waals surface area (Å²) in [7, 11) is -1.50. The first-order valence-corrected chi connectivity index (χ1v) is 13.1. The third-order valence-electron chi connectivity index (χ3n) is 5.79. The largest absolute Gasteiger partial charge is 0.352 e. The van der Waals surface area contributed by atoms with Gasteiger partial charge in [-0.3, -0.25) is 9.59 Å². The van der Waals surface area contributed by atoms with Crippen LogP contribution in [0.4, 0.5) is 14.5 Å². The first-order chi connectivity index (χ1) is 16.9. The van der Waals surface area contributed by atoms with Crippen molar-refractivity contribution >= 4 is 27.7 Å². The standard InChI is InChI=1S/C25H34F2N4O4S/c1-6-18(3)28-25(33)23(7-2)30(16-19-8-10-20(26)11-9-19)24(32)17-31(36(34,35)29(4)5)22-14-12-21(27)13-15-22/h8-15,18,23H,6-7,16-17H2,1-5H3,(H,28,33)/t18-,23+/m0/s1. The molecular weight excluding hydrogens is 490 g/mol. The van der Waals surface area contributed by atoms with E-state index in [4.69, 9.17) is 0 Å². The lowest BCUT2D eigenvalue weighted by Crippen LogP contribution is -2.54. The molecule has 8 nitrogen and oxygen atoms in total. The van der Waals surface area contributed by atoms with E-state index >= 15 is 0 Å². The predicted molar refractivity (Wildman–Crippen MR) is 135 cm³/mol. The van der Waals surface area contributed by atoms with Crippen LogP contribution in [-0.2, 0) is 26.3 Å². The highest BCUT2D eigenvalue weighted by Gasteiger charge is 2.34. The molecular formula is C25H34F2N4O4S. The zero-order valence-electron chi connectivity index (χ0n) is 21.2. The molecule has 0 spiro atoms. The van der Waals surface area contributed by atoms with Crippen LogP contribution in [0.3, 0.4) is 0 Å². The van der Waals surface area contributed by atoms with Gasteiger partial charge in [-0.25, -0.2) is 13.1 Å². The molecule has 0 aromatic heterocycles. The van der Waals surface area contributed by atoms with Gasteiger partial charge in [0.05, 0.1) is 5.69 Å². The Morgan fingerprint density at radius 1 is 0.917 bits per heavy atom. The molecule has 2 atom stereocenters. The average Bonchev–Trinajstić information content (AvgIpc) is 2.83. The Bertz CT molecular complexity index is 1130. The SMILES string of the molecule is CC[C@H](C(=O)N[C@@H](C)CC)N(Cc1ccc(F)cc1)C(=O)CN(c1ccc(F)cc1)S(=O)(=O)N(C)C. The fraction of sp³-hybridized carbons (Fsp3) is 0.440. The van der Waals surface area contributed by atoms with Gasteiger partial charge in [0.15, 0.2) is 0 Å². The molecule has 2 aromatic carbocycles. The first kappa shape index (κ1) is 29.2. The van der Waals surface area contributed by atoms with Crippen molar-refractivity contribution in [2.45, 2.75) is 52.2 Å². The van der Waals surface area contributed by atoms with Gasteiger partial charge in [0.1, 0.15) is 24.2 Å². The molecule has 198 valence electrons. The van der Waals surface area contributed by atoms with Crippen LogP contribution in [0.25, 0.3) is 0 Å². The molecule has 0 heterocycles. The molecule has 1 N–H and O–H groups in total. The van der Waals surface area contributed by atoms with Crippen molar-refractivity contribution < 1.29 is 26.8 Å². The fourth-order valence-corrected chi connectivity index (χ4v) is 4.53. The molecule has 0 aliphatic heterocycles. The van der Waals surface area contributed by atoms with Gasteiger partial charge in [-0.1, -0.05) is 26.0 Å². The maximum Gasteiger partial charge on any atom is 0.304 e. The Labute approximate surface area is 212 Å². The first-order valence-electron chi connectivity index (χ1n) is 11.7. The van der Waals surface area contributed by atoms with Crippen molar-refractivity contribution in [3.8, 4) is 0 Å². The Kier molecular flexibility index (Phi) is 10.4. The molecule has 0 aliphatic rings. The summed E-state index contributed by atoms with van der Waals surface area (Å²) in [6, 6.07) is 9.21. The van der Waals surface area contributed by atoms with Crippen LogP contribution >= 0.6 is 0 Å². The van der Waals surface area contributed by atoms with Crippen LogP contribution in [0.1, 0.15) is 39.2 Å². The highest BCUT2D eigenvalue weighted by molar-refractivity contribution is 7.90. The number of nitrogens with zero attached hydrogens (tertiary/aromatic N) is 3. The normalized spacial score (nSPS) is 13.2. The number of carbonyl (C=O) groups excluding carboxylic acids is 2. The number of nitrogens with one attached hydrogen (secondary N) is 1. The van der Waals surface area contributed by atoms with Gasteiger partial charge in [0.25, 0.3) is 0 Å². The second-order valence-corrected chi connectivity index (χ2v) is 10.7. The Balaban J connectivity index is 2.48. The third-order valence-corrected chi connectivity index (χ3v) is 7.61. The van der Waals surface area contributed by atoms with Crippen molar-refractivity contribution in [3.63, 3.8) is 0 Å². The molecule has 0 bridgehead atoms. The highest BCUT2D eigenvalue weighted by Crippen LogP contribution is 2.22. The number of hydrogen-bond donors (Lipinski definition) is 1. The van der Waals surface area contributed by atoms with E-state index in [1.54, 1.807) is 6.92 Å². The topological polar surface area (TPSA) is 90.0 Å². The lowest BCUT2D eigenvalue weighted by atomic mass is 10.1. The maximum absolute atomic E-state index is 13.7. The van der Waals surface area contributed by atoms with Crippen LogP contribution in [0, 0.1) is 11.6 Å². The molecule has 0 radical (unpaired) electrons. The molecule has 0 unspecified atom stereocenters. The van der Waals surface area contributed by atoms with Crippen LogP contribution < -0.4 is 9.62 Å². The molecule has 2 amide bonds. The van der Waals surface area contributed by atoms with Crippen molar-refractivity contribution in [2.75, 3.05) is 24.9 Å². The molecule has 0 fully saturated rings. The highest BCUT2D eigenvalue weighted by atomic mass is 32.2. The van der Waals surface area contributed by atoms with Gasteiger partial charge in [0.2, 0.25) is 11.8 Å². The lowest BCUT2D eigenvalue weighted by Gasteiger charge is -2.34. The van der Waals surface area contributed by atoms with Gasteiger partial charge in [-0.05, 0) is 61.7 Å². The number of anilines is 1. The van der Waals surface area contributed by atoms with Crippen molar-refractivity contribution in [3.05, 3.63) is 65.7 Å². The molecule has 36 heavy (non-hydrogen) atoms. The molecule has 2 rings (SSSR count). The minimum atomic E-state index is -4.14. The van der Waals surface area contributed by atoms with Crippen LogP contribution in [-0.4, -0.2) is 62.2 Å². The summed E-state index contributed by atoms with van der Waals surface area (Å²) in [6.45, 7) is 4.85. The minimum absolute atomic E-state index is 0.0369. The summed E-state index contributed by atoms with van der Waals surface area (Å²) in [5.41, 5.74) is 0.667. The number of halogens is 2. The summed E-state index contributed by atoms with van der Waals surface area (Å²) < 4.78 is 55.0. The summed E-state index contributed by atoms with van der Waals surface area (Å²) in [5.74, 6) is -2.01. The quantitative estimate of drug-likeness (QED) is 0.461. The predicted octanol–water partition coefficient (Wildman–Crippen LogP) is 3.30. The molecule has 0 saturated heterocycles. The Morgan fingerprint density at radius 2 is 1.44 bits per heavy atom. The summed E-state index contributed by atoms with van der Waals surface area (Å²) in [5, 5.41) is 2.88. The van der Waals surface area contributed by atoms with Crippen molar-refractivity contribution in [2.24, 2.45) is 0 Å². The maximum atomic E-state index is 13.7. The number of benzene rings is 2. The second-order valence-electron chi connectivity index (χ2n) is 8.66. The Morgan fingerprint density at radius 3 is 1.92 bits per heavy atom. The average molecular weight is 525 g/mol. The lowest BCUT2D eigenvalue weighted by molar-refractivity contribution is -0.140. The third kappa shape index (κ3) is 7.47. The van der Waals surface area contributed by atoms with Gasteiger partial charge in [0, 0.05) is 26.7 Å². The molecule has 11 heteroatoms. The van der Waals surface area contributed by atoms with Crippen LogP contribution in [0.5, 0.6) is 0 Å². The molecule has 2 aromatic rings. The van der Waals surface area contributed by atoms with Gasteiger partial charge >= 0.3 is 10.2 Å². The van der Waals surface area contributed by atoms with Gasteiger partial charge < -0.3 is 10.2 Å². The minimum Gasteiger partial charge on any atom is -0.352 e. The van der Waals surface area contributed by atoms with E-state index in [0.29, 0.717) is 12.0 Å². The van der Waals surface area contributed by atoms with E-state index in [2.05, 4.69) is 5.32 Å². The number of hydrogen-bond acceptors (Lipinski definition) is 4. The summed E-state index contributed by atoms with van der Waals surface area (Å²) in [6.07, 6.45) is 0.958. The number of amides is 2. The zero-order chi connectivity index (χ0) is 27.0. The molecule has 0 saturated carbocycles. The second kappa shape index (κ2) is 12.8. The molecule has 0 aliphatic carbocycles. The summed E-state index contributed by atoms with van der Waals surface area (Å²) >= 11 is 0. The van der Waals surface area contributed by atoms with Gasteiger partial charge in [-0.15, -0.1) is 0 Å².